The van der Waals surface area contributed by atoms with Crippen LogP contribution in [0.4, 0.5) is 0 Å². The molecule has 0 N–H and O–H groups in total. The van der Waals surface area contributed by atoms with Crippen molar-refractivity contribution >= 4 is 0 Å². The number of hydrogen-bond acceptors (Lipinski definition) is 3. The molecule has 0 amide bonds. The van der Waals surface area contributed by atoms with Crippen molar-refractivity contribution in [3.63, 3.8) is 0 Å². The van der Waals surface area contributed by atoms with Crippen molar-refractivity contribution in [2.75, 3.05) is 13.2 Å². The molecular weight excluding hydrogens is 216 g/mol. The van der Waals surface area contributed by atoms with Gasteiger partial charge in [0.05, 0.1) is 37.4 Å². The molecule has 1 spiro atoms. The average molecular weight is 228 g/mol. The Balaban J connectivity index is 1.89. The van der Waals surface area contributed by atoms with Crippen LogP contribution in [0.1, 0.15) is 11.3 Å². The second-order valence-electron chi connectivity index (χ2n) is 4.54. The lowest BCUT2D eigenvalue weighted by atomic mass is 9.97. The van der Waals surface area contributed by atoms with Gasteiger partial charge in [-0.15, -0.1) is 0 Å². The largest absolute Gasteiger partial charge is 0.374 e. The number of nitrogens with zero attached hydrogens (tertiary/aromatic N) is 2. The zero-order valence-electron chi connectivity index (χ0n) is 9.30. The Morgan fingerprint density at radius 3 is 2.71 bits per heavy atom. The number of hydrogen-bond donors (Lipinski definition) is 0. The summed E-state index contributed by atoms with van der Waals surface area (Å²) in [5.41, 5.74) is 3.17. The Morgan fingerprint density at radius 2 is 2.00 bits per heavy atom. The Kier molecular flexibility index (Phi) is 1.76. The number of fused-ring (bicyclic) bond motifs is 2. The van der Waals surface area contributed by atoms with E-state index in [0.717, 1.165) is 11.4 Å². The van der Waals surface area contributed by atoms with E-state index in [-0.39, 0.29) is 5.60 Å². The van der Waals surface area contributed by atoms with Crippen molar-refractivity contribution in [3.05, 3.63) is 47.8 Å². The molecule has 1 saturated heterocycles. The van der Waals surface area contributed by atoms with Gasteiger partial charge in [0.2, 0.25) is 0 Å². The van der Waals surface area contributed by atoms with E-state index in [4.69, 9.17) is 9.47 Å². The lowest BCUT2D eigenvalue weighted by Gasteiger charge is -2.37. The van der Waals surface area contributed by atoms with Gasteiger partial charge in [0.1, 0.15) is 0 Å². The number of benzene rings is 1. The van der Waals surface area contributed by atoms with Gasteiger partial charge in [-0.3, -0.25) is 0 Å². The summed E-state index contributed by atoms with van der Waals surface area (Å²) in [6, 6.07) is 10.1. The van der Waals surface area contributed by atoms with E-state index < -0.39 is 0 Å². The van der Waals surface area contributed by atoms with Crippen LogP contribution in [0.25, 0.3) is 5.69 Å². The summed E-state index contributed by atoms with van der Waals surface area (Å²) in [6.45, 7) is 1.92. The van der Waals surface area contributed by atoms with Crippen molar-refractivity contribution in [1.82, 2.24) is 9.78 Å². The highest BCUT2D eigenvalue weighted by Crippen LogP contribution is 2.42. The first kappa shape index (κ1) is 9.39. The first-order chi connectivity index (χ1) is 8.39. The topological polar surface area (TPSA) is 36.3 Å². The molecule has 0 unspecified atom stereocenters. The van der Waals surface area contributed by atoms with Crippen LogP contribution < -0.4 is 0 Å². The summed E-state index contributed by atoms with van der Waals surface area (Å²) in [5.74, 6) is 0. The van der Waals surface area contributed by atoms with E-state index in [1.54, 1.807) is 0 Å². The van der Waals surface area contributed by atoms with Gasteiger partial charge in [-0.05, 0) is 12.1 Å². The number of ether oxygens (including phenoxy) is 2. The van der Waals surface area contributed by atoms with Crippen molar-refractivity contribution in [2.24, 2.45) is 0 Å². The maximum atomic E-state index is 5.86. The van der Waals surface area contributed by atoms with E-state index in [2.05, 4.69) is 17.2 Å². The van der Waals surface area contributed by atoms with Crippen LogP contribution in [0.3, 0.4) is 0 Å². The van der Waals surface area contributed by atoms with Gasteiger partial charge in [-0.25, -0.2) is 4.68 Å². The molecular formula is C13H12N2O2. The number of aromatic nitrogens is 2. The Labute approximate surface area is 98.8 Å². The molecule has 1 fully saturated rings. The Bertz CT molecular complexity index is 558. The lowest BCUT2D eigenvalue weighted by Crippen LogP contribution is -2.47. The normalized spacial score (nSPS) is 20.2. The highest BCUT2D eigenvalue weighted by atomic mass is 16.6. The molecule has 1 aromatic carbocycles. The number of rotatable bonds is 1. The molecule has 0 atom stereocenters. The van der Waals surface area contributed by atoms with Crippen LogP contribution in [-0.2, 0) is 21.7 Å². The van der Waals surface area contributed by atoms with Crippen LogP contribution in [-0.4, -0.2) is 23.0 Å². The fraction of sp³-hybridized carbons (Fsp3) is 0.308. The summed E-state index contributed by atoms with van der Waals surface area (Å²) < 4.78 is 13.2. The van der Waals surface area contributed by atoms with Gasteiger partial charge in [0, 0.05) is 5.56 Å². The molecule has 86 valence electrons. The SMILES string of the molecule is c1ccc(-n2ncc3c2C2(COC2)OC3)cc1. The first-order valence-electron chi connectivity index (χ1n) is 5.74. The molecule has 3 heterocycles. The van der Waals surface area contributed by atoms with Crippen LogP contribution >= 0.6 is 0 Å². The quantitative estimate of drug-likeness (QED) is 0.744. The third-order valence-corrected chi connectivity index (χ3v) is 3.45. The predicted molar refractivity (Wildman–Crippen MR) is 60.9 cm³/mol. The molecule has 0 bridgehead atoms. The molecule has 4 heteroatoms. The van der Waals surface area contributed by atoms with Gasteiger partial charge >= 0.3 is 0 Å². The van der Waals surface area contributed by atoms with Crippen molar-refractivity contribution < 1.29 is 9.47 Å². The van der Waals surface area contributed by atoms with Gasteiger partial charge in [-0.2, -0.15) is 5.10 Å². The zero-order valence-corrected chi connectivity index (χ0v) is 9.30. The molecule has 0 saturated carbocycles. The minimum absolute atomic E-state index is 0.248. The van der Waals surface area contributed by atoms with Gasteiger partial charge < -0.3 is 9.47 Å². The monoisotopic (exact) mass is 228 g/mol. The molecule has 0 radical (unpaired) electrons. The molecule has 1 aromatic heterocycles. The molecule has 2 aliphatic rings. The summed E-state index contributed by atoms with van der Waals surface area (Å²) in [4.78, 5) is 0. The molecule has 2 aliphatic heterocycles. The fourth-order valence-electron chi connectivity index (χ4n) is 2.53. The van der Waals surface area contributed by atoms with E-state index in [0.29, 0.717) is 19.8 Å². The highest BCUT2D eigenvalue weighted by molar-refractivity contribution is 5.39. The smallest absolute Gasteiger partial charge is 0.157 e. The minimum Gasteiger partial charge on any atom is -0.374 e. The van der Waals surface area contributed by atoms with E-state index in [1.165, 1.54) is 5.56 Å². The van der Waals surface area contributed by atoms with Gasteiger partial charge in [-0.1, -0.05) is 18.2 Å². The Hall–Kier alpha value is -1.65. The van der Waals surface area contributed by atoms with Gasteiger partial charge in [0.25, 0.3) is 0 Å². The van der Waals surface area contributed by atoms with E-state index in [1.807, 2.05) is 29.1 Å². The third-order valence-electron chi connectivity index (χ3n) is 3.45. The molecule has 0 aliphatic carbocycles. The van der Waals surface area contributed by atoms with Crippen LogP contribution in [0.5, 0.6) is 0 Å². The molecule has 4 rings (SSSR count). The molecule has 17 heavy (non-hydrogen) atoms. The van der Waals surface area contributed by atoms with Gasteiger partial charge in [0.15, 0.2) is 5.60 Å². The lowest BCUT2D eigenvalue weighted by molar-refractivity contribution is -0.212. The average Bonchev–Trinajstić information content (AvgIpc) is 2.87. The maximum Gasteiger partial charge on any atom is 0.157 e. The number of para-hydroxylation sites is 1. The van der Waals surface area contributed by atoms with E-state index >= 15 is 0 Å². The zero-order chi connectivity index (χ0) is 11.3. The summed E-state index contributed by atoms with van der Waals surface area (Å²) >= 11 is 0. The third kappa shape index (κ3) is 1.16. The van der Waals surface area contributed by atoms with Crippen molar-refractivity contribution in [2.45, 2.75) is 12.2 Å². The van der Waals surface area contributed by atoms with Crippen molar-refractivity contribution in [3.8, 4) is 5.69 Å². The maximum absolute atomic E-state index is 5.86. The highest BCUT2D eigenvalue weighted by Gasteiger charge is 2.50. The molecule has 4 nitrogen and oxygen atoms in total. The second-order valence-corrected chi connectivity index (χ2v) is 4.54. The standard InChI is InChI=1S/C13H12N2O2/c1-2-4-11(5-3-1)15-12-10(6-14-15)7-17-13(12)8-16-9-13/h1-6H,7-9H2. The summed E-state index contributed by atoms with van der Waals surface area (Å²) in [6.07, 6.45) is 1.90. The Morgan fingerprint density at radius 1 is 1.18 bits per heavy atom. The first-order valence-corrected chi connectivity index (χ1v) is 5.74. The minimum atomic E-state index is -0.248. The van der Waals surface area contributed by atoms with Crippen LogP contribution in [0, 0.1) is 0 Å². The van der Waals surface area contributed by atoms with Crippen LogP contribution in [0.15, 0.2) is 36.5 Å². The van der Waals surface area contributed by atoms with Crippen LogP contribution in [0.2, 0.25) is 0 Å². The van der Waals surface area contributed by atoms with E-state index in [9.17, 15) is 0 Å². The predicted octanol–water partition coefficient (Wildman–Crippen LogP) is 1.63. The fourth-order valence-corrected chi connectivity index (χ4v) is 2.53. The molecule has 2 aromatic rings. The summed E-state index contributed by atoms with van der Waals surface area (Å²) in [7, 11) is 0. The summed E-state index contributed by atoms with van der Waals surface area (Å²) in [5, 5.41) is 4.47. The second kappa shape index (κ2) is 3.18. The van der Waals surface area contributed by atoms with Crippen molar-refractivity contribution in [1.29, 1.82) is 0 Å².